The summed E-state index contributed by atoms with van der Waals surface area (Å²) in [6.07, 6.45) is 1.62. The minimum Gasteiger partial charge on any atom is -0.362 e. The van der Waals surface area contributed by atoms with Gasteiger partial charge in [-0.2, -0.15) is 0 Å². The Bertz CT molecular complexity index is 293. The predicted molar refractivity (Wildman–Crippen MR) is 66.5 cm³/mol. The molecule has 3 heteroatoms. The van der Waals surface area contributed by atoms with Crippen LogP contribution in [-0.4, -0.2) is 24.1 Å². The van der Waals surface area contributed by atoms with E-state index in [0.717, 1.165) is 11.5 Å². The van der Waals surface area contributed by atoms with E-state index in [1.54, 1.807) is 6.33 Å². The number of rotatable bonds is 2. The average Bonchev–Trinajstić information content (AvgIpc) is 2.19. The van der Waals surface area contributed by atoms with E-state index < -0.39 is 0 Å². The van der Waals surface area contributed by atoms with E-state index in [0.29, 0.717) is 5.92 Å². The van der Waals surface area contributed by atoms with E-state index >= 15 is 0 Å². The molecule has 0 N–H and O–H groups in total. The fourth-order valence-electron chi connectivity index (χ4n) is 1.50. The Hall–Kier alpha value is -1.12. The molecule has 0 saturated heterocycles. The van der Waals surface area contributed by atoms with Gasteiger partial charge in [0.25, 0.3) is 0 Å². The molecule has 0 saturated carbocycles. The van der Waals surface area contributed by atoms with Gasteiger partial charge in [-0.25, -0.2) is 9.97 Å². The quantitative estimate of drug-likeness (QED) is 0.749. The van der Waals surface area contributed by atoms with Gasteiger partial charge in [0.2, 0.25) is 0 Å². The molecule has 0 unspecified atom stereocenters. The summed E-state index contributed by atoms with van der Waals surface area (Å²) in [5.74, 6) is 1.50. The number of aromatic nitrogens is 2. The van der Waals surface area contributed by atoms with Crippen LogP contribution in [0.2, 0.25) is 0 Å². The number of hydrogen-bond donors (Lipinski definition) is 0. The smallest absolute Gasteiger partial charge is 0.135 e. The summed E-state index contributed by atoms with van der Waals surface area (Å²) >= 11 is 0. The lowest BCUT2D eigenvalue weighted by Gasteiger charge is -2.19. The second-order valence-electron chi connectivity index (χ2n) is 3.75. The van der Waals surface area contributed by atoms with Crippen molar-refractivity contribution < 1.29 is 0 Å². The molecule has 0 aromatic carbocycles. The lowest BCUT2D eigenvalue weighted by molar-refractivity contribution is 0.817. The highest BCUT2D eigenvalue weighted by molar-refractivity contribution is 5.48. The molecule has 1 heterocycles. The Kier molecular flexibility index (Phi) is 5.90. The van der Waals surface area contributed by atoms with E-state index in [1.165, 1.54) is 5.56 Å². The van der Waals surface area contributed by atoms with Crippen LogP contribution < -0.4 is 4.90 Å². The zero-order valence-electron chi connectivity index (χ0n) is 11.0. The van der Waals surface area contributed by atoms with Crippen LogP contribution in [0.1, 0.15) is 44.9 Å². The second kappa shape index (κ2) is 6.38. The van der Waals surface area contributed by atoms with Gasteiger partial charge in [0.05, 0.1) is 0 Å². The van der Waals surface area contributed by atoms with Crippen LogP contribution >= 0.6 is 0 Å². The van der Waals surface area contributed by atoms with Gasteiger partial charge >= 0.3 is 0 Å². The highest BCUT2D eigenvalue weighted by atomic mass is 15.1. The molecule has 15 heavy (non-hydrogen) atoms. The highest BCUT2D eigenvalue weighted by Crippen LogP contribution is 2.25. The molecule has 0 aliphatic heterocycles. The molecular weight excluding hydrogens is 186 g/mol. The summed E-state index contributed by atoms with van der Waals surface area (Å²) in [5, 5.41) is 0. The summed E-state index contributed by atoms with van der Waals surface area (Å²) in [6.45, 7) is 10.4. The molecule has 86 valence electrons. The Labute approximate surface area is 93.6 Å². The van der Waals surface area contributed by atoms with Crippen LogP contribution in [-0.2, 0) is 0 Å². The second-order valence-corrected chi connectivity index (χ2v) is 3.75. The first-order valence-electron chi connectivity index (χ1n) is 5.53. The molecule has 3 nitrogen and oxygen atoms in total. The van der Waals surface area contributed by atoms with E-state index in [4.69, 9.17) is 0 Å². The molecule has 0 aliphatic carbocycles. The number of anilines is 1. The molecule has 0 fully saturated rings. The third kappa shape index (κ3) is 3.50. The number of hydrogen-bond acceptors (Lipinski definition) is 3. The Morgan fingerprint density at radius 2 is 1.67 bits per heavy atom. The topological polar surface area (TPSA) is 29.0 Å². The minimum atomic E-state index is 0.471. The van der Waals surface area contributed by atoms with Crippen molar-refractivity contribution in [1.82, 2.24) is 9.97 Å². The normalized spacial score (nSPS) is 9.60. The molecule has 0 amide bonds. The van der Waals surface area contributed by atoms with Crippen LogP contribution in [0.25, 0.3) is 0 Å². The lowest BCUT2D eigenvalue weighted by atomic mass is 10.0. The largest absolute Gasteiger partial charge is 0.362 e. The molecule has 0 spiro atoms. The molecule has 0 radical (unpaired) electrons. The maximum Gasteiger partial charge on any atom is 0.135 e. The van der Waals surface area contributed by atoms with Crippen LogP contribution in [0.4, 0.5) is 5.82 Å². The van der Waals surface area contributed by atoms with Crippen LogP contribution in [0.3, 0.4) is 0 Å². The molecule has 0 aliphatic rings. The van der Waals surface area contributed by atoms with Gasteiger partial charge in [0.1, 0.15) is 12.1 Å². The minimum absolute atomic E-state index is 0.471. The first kappa shape index (κ1) is 13.9. The van der Waals surface area contributed by atoms with Crippen molar-refractivity contribution in [3.05, 3.63) is 17.6 Å². The Morgan fingerprint density at radius 1 is 1.13 bits per heavy atom. The summed E-state index contributed by atoms with van der Waals surface area (Å²) in [4.78, 5) is 10.5. The average molecular weight is 209 g/mol. The highest BCUT2D eigenvalue weighted by Gasteiger charge is 2.12. The molecule has 1 rings (SSSR count). The van der Waals surface area contributed by atoms with Crippen molar-refractivity contribution in [2.45, 2.75) is 40.5 Å². The van der Waals surface area contributed by atoms with Gasteiger partial charge in [0, 0.05) is 25.4 Å². The van der Waals surface area contributed by atoms with Gasteiger partial charge < -0.3 is 4.90 Å². The maximum atomic E-state index is 4.28. The van der Waals surface area contributed by atoms with Crippen LogP contribution in [0, 0.1) is 6.92 Å². The lowest BCUT2D eigenvalue weighted by Crippen LogP contribution is -2.15. The van der Waals surface area contributed by atoms with Gasteiger partial charge in [-0.15, -0.1) is 0 Å². The van der Waals surface area contributed by atoms with Crippen molar-refractivity contribution in [2.75, 3.05) is 19.0 Å². The summed E-state index contributed by atoms with van der Waals surface area (Å²) in [6, 6.07) is 0. The molecule has 0 bridgehead atoms. The van der Waals surface area contributed by atoms with E-state index in [1.807, 2.05) is 39.8 Å². The SMILES string of the molecule is CC.Cc1ncnc(N(C)C)c1C(C)C. The van der Waals surface area contributed by atoms with Crippen LogP contribution in [0.15, 0.2) is 6.33 Å². The van der Waals surface area contributed by atoms with Gasteiger partial charge in [-0.05, 0) is 12.8 Å². The molecular formula is C12H23N3. The molecule has 1 aromatic heterocycles. The van der Waals surface area contributed by atoms with Crippen molar-refractivity contribution in [3.8, 4) is 0 Å². The van der Waals surface area contributed by atoms with Crippen molar-refractivity contribution in [3.63, 3.8) is 0 Å². The van der Waals surface area contributed by atoms with Crippen molar-refractivity contribution >= 4 is 5.82 Å². The standard InChI is InChI=1S/C10H17N3.C2H6/c1-7(2)9-8(3)11-6-12-10(9)13(4)5;1-2/h6-7H,1-5H3;1-2H3. The zero-order chi connectivity index (χ0) is 12.0. The summed E-state index contributed by atoms with van der Waals surface area (Å²) < 4.78 is 0. The number of aryl methyl sites for hydroxylation is 1. The zero-order valence-corrected chi connectivity index (χ0v) is 11.0. The van der Waals surface area contributed by atoms with Crippen molar-refractivity contribution in [2.24, 2.45) is 0 Å². The fraction of sp³-hybridized carbons (Fsp3) is 0.667. The van der Waals surface area contributed by atoms with Gasteiger partial charge in [-0.1, -0.05) is 27.7 Å². The Morgan fingerprint density at radius 3 is 2.00 bits per heavy atom. The van der Waals surface area contributed by atoms with Gasteiger partial charge in [0.15, 0.2) is 0 Å². The first-order chi connectivity index (χ1) is 7.04. The first-order valence-corrected chi connectivity index (χ1v) is 5.53. The third-order valence-corrected chi connectivity index (χ3v) is 2.06. The molecule has 1 aromatic rings. The van der Waals surface area contributed by atoms with Crippen LogP contribution in [0.5, 0.6) is 0 Å². The van der Waals surface area contributed by atoms with E-state index in [9.17, 15) is 0 Å². The fourth-order valence-corrected chi connectivity index (χ4v) is 1.50. The van der Waals surface area contributed by atoms with Crippen molar-refractivity contribution in [1.29, 1.82) is 0 Å². The predicted octanol–water partition coefficient (Wildman–Crippen LogP) is 3.00. The third-order valence-electron chi connectivity index (χ3n) is 2.06. The van der Waals surface area contributed by atoms with Gasteiger partial charge in [-0.3, -0.25) is 0 Å². The maximum absolute atomic E-state index is 4.28. The molecule has 0 atom stereocenters. The monoisotopic (exact) mass is 209 g/mol. The summed E-state index contributed by atoms with van der Waals surface area (Å²) in [7, 11) is 4.02. The number of nitrogens with zero attached hydrogens (tertiary/aromatic N) is 3. The summed E-state index contributed by atoms with van der Waals surface area (Å²) in [5.41, 5.74) is 2.32. The Balaban J connectivity index is 0.000000921. The van der Waals surface area contributed by atoms with E-state index in [-0.39, 0.29) is 0 Å². The van der Waals surface area contributed by atoms with E-state index in [2.05, 4.69) is 23.8 Å².